The minimum atomic E-state index is -3.98. The predicted octanol–water partition coefficient (Wildman–Crippen LogP) is 8.40. The molecule has 7 nitrogen and oxygen atoms in total. The van der Waals surface area contributed by atoms with Gasteiger partial charge in [-0.25, -0.2) is 22.2 Å². The topological polar surface area (TPSA) is 98.1 Å². The summed E-state index contributed by atoms with van der Waals surface area (Å²) in [5.74, 6) is -4.81. The molecule has 0 aliphatic heterocycles. The summed E-state index contributed by atoms with van der Waals surface area (Å²) in [7, 11) is -3.98. The van der Waals surface area contributed by atoms with E-state index in [4.69, 9.17) is 34.8 Å². The molecule has 2 heterocycles. The highest BCUT2D eigenvalue weighted by Gasteiger charge is 2.29. The standard InChI is InChI=1S/C31H22Cl3F2N3O4S/c1-2-3-13-44(42,43)38-25-12-11-24(35)27(28(25)36)29(40)21-16-39(31(41)26-22(33)5-4-6-23(26)34)30-20(21)14-18(15-37-30)17-7-9-19(32)10-8-17/h4-12,14-16,38H,2-3,13H2,1H3. The maximum atomic E-state index is 15.7. The summed E-state index contributed by atoms with van der Waals surface area (Å²) in [5.41, 5.74) is -0.781. The van der Waals surface area contributed by atoms with Crippen LogP contribution in [-0.2, 0) is 10.0 Å². The SMILES string of the molecule is CCCCS(=O)(=O)Nc1ccc(F)c(C(=O)c2cn(C(=O)c3c(Cl)cccc3Cl)c3ncc(-c4ccc(Cl)cc4)cc23)c1F. The van der Waals surface area contributed by atoms with E-state index in [1.165, 1.54) is 18.3 Å². The molecule has 1 N–H and O–H groups in total. The number of benzene rings is 3. The lowest BCUT2D eigenvalue weighted by molar-refractivity contribution is 0.0964. The fourth-order valence-corrected chi connectivity index (χ4v) is 6.54. The average molecular weight is 677 g/mol. The number of nitrogens with zero attached hydrogens (tertiary/aromatic N) is 2. The van der Waals surface area contributed by atoms with Gasteiger partial charge in [0, 0.05) is 28.4 Å². The highest BCUT2D eigenvalue weighted by molar-refractivity contribution is 7.92. The summed E-state index contributed by atoms with van der Waals surface area (Å²) in [6.45, 7) is 1.79. The van der Waals surface area contributed by atoms with Crippen molar-refractivity contribution in [2.75, 3.05) is 10.5 Å². The first kappa shape index (κ1) is 31.6. The van der Waals surface area contributed by atoms with E-state index in [1.54, 1.807) is 43.3 Å². The third-order valence-electron chi connectivity index (χ3n) is 6.81. The lowest BCUT2D eigenvalue weighted by Gasteiger charge is -2.11. The number of unbranched alkanes of at least 4 members (excludes halogenated alkanes) is 1. The van der Waals surface area contributed by atoms with Crippen LogP contribution in [0.2, 0.25) is 15.1 Å². The number of anilines is 1. The molecular formula is C31H22Cl3F2N3O4S. The second-order valence-electron chi connectivity index (χ2n) is 9.80. The van der Waals surface area contributed by atoms with Crippen molar-refractivity contribution in [2.45, 2.75) is 19.8 Å². The van der Waals surface area contributed by atoms with Crippen LogP contribution in [0.15, 0.2) is 73.1 Å². The van der Waals surface area contributed by atoms with Gasteiger partial charge >= 0.3 is 0 Å². The van der Waals surface area contributed by atoms with Crippen LogP contribution in [0.4, 0.5) is 14.5 Å². The molecule has 44 heavy (non-hydrogen) atoms. The van der Waals surface area contributed by atoms with Gasteiger partial charge in [-0.2, -0.15) is 0 Å². The first-order valence-corrected chi connectivity index (χ1v) is 16.0. The Hall–Kier alpha value is -3.83. The molecule has 3 aromatic carbocycles. The van der Waals surface area contributed by atoms with Crippen LogP contribution in [-0.4, -0.2) is 35.4 Å². The Bertz CT molecular complexity index is 2030. The van der Waals surface area contributed by atoms with E-state index in [0.717, 1.165) is 22.9 Å². The van der Waals surface area contributed by atoms with E-state index in [9.17, 15) is 18.0 Å². The van der Waals surface area contributed by atoms with Crippen molar-refractivity contribution in [3.8, 4) is 11.1 Å². The summed E-state index contributed by atoms with van der Waals surface area (Å²) in [5, 5.41) is 0.653. The number of pyridine rings is 1. The van der Waals surface area contributed by atoms with Gasteiger partial charge in [-0.3, -0.25) is 18.9 Å². The normalized spacial score (nSPS) is 11.6. The minimum absolute atomic E-state index is 0.00992. The maximum Gasteiger partial charge on any atom is 0.266 e. The Labute approximate surface area is 266 Å². The number of nitrogens with one attached hydrogen (secondary N) is 1. The van der Waals surface area contributed by atoms with Crippen molar-refractivity contribution in [3.05, 3.63) is 116 Å². The molecule has 5 aromatic rings. The van der Waals surface area contributed by atoms with Crippen LogP contribution in [0.3, 0.4) is 0 Å². The lowest BCUT2D eigenvalue weighted by Crippen LogP contribution is -2.19. The van der Waals surface area contributed by atoms with Crippen molar-refractivity contribution < 1.29 is 26.8 Å². The number of halogens is 5. The van der Waals surface area contributed by atoms with Crippen LogP contribution in [0.5, 0.6) is 0 Å². The second-order valence-corrected chi connectivity index (χ2v) is 12.9. The number of hydrogen-bond acceptors (Lipinski definition) is 5. The number of aromatic nitrogens is 2. The smallest absolute Gasteiger partial charge is 0.266 e. The number of rotatable bonds is 9. The molecule has 226 valence electrons. The van der Waals surface area contributed by atoms with Crippen LogP contribution >= 0.6 is 34.8 Å². The molecule has 2 aromatic heterocycles. The molecule has 0 unspecified atom stereocenters. The van der Waals surface area contributed by atoms with Crippen molar-refractivity contribution in [3.63, 3.8) is 0 Å². The number of carbonyl (C=O) groups excluding carboxylic acids is 2. The van der Waals surface area contributed by atoms with Crippen molar-refractivity contribution >= 4 is 73.2 Å². The summed E-state index contributed by atoms with van der Waals surface area (Å²) < 4.78 is 58.9. The van der Waals surface area contributed by atoms with Gasteiger partial charge in [0.15, 0.2) is 5.82 Å². The van der Waals surface area contributed by atoms with E-state index in [-0.39, 0.29) is 38.0 Å². The van der Waals surface area contributed by atoms with Gasteiger partial charge in [0.1, 0.15) is 11.5 Å². The number of fused-ring (bicyclic) bond motifs is 1. The van der Waals surface area contributed by atoms with Crippen LogP contribution < -0.4 is 4.72 Å². The van der Waals surface area contributed by atoms with Crippen molar-refractivity contribution in [1.82, 2.24) is 9.55 Å². The molecule has 0 saturated heterocycles. The summed E-state index contributed by atoms with van der Waals surface area (Å²) in [4.78, 5) is 32.0. The van der Waals surface area contributed by atoms with Crippen LogP contribution in [0.1, 0.15) is 46.0 Å². The average Bonchev–Trinajstić information content (AvgIpc) is 3.37. The number of ketones is 1. The number of carbonyl (C=O) groups is 2. The molecule has 0 spiro atoms. The molecule has 0 radical (unpaired) electrons. The van der Waals surface area contributed by atoms with Crippen molar-refractivity contribution in [1.29, 1.82) is 0 Å². The quantitative estimate of drug-likeness (QED) is 0.158. The van der Waals surface area contributed by atoms with E-state index in [2.05, 4.69) is 9.71 Å². The van der Waals surface area contributed by atoms with E-state index >= 15 is 8.78 Å². The Balaban J connectivity index is 1.70. The van der Waals surface area contributed by atoms with Gasteiger partial charge < -0.3 is 0 Å². The van der Waals surface area contributed by atoms with Gasteiger partial charge in [0.05, 0.1) is 38.2 Å². The molecule has 0 amide bonds. The first-order valence-electron chi connectivity index (χ1n) is 13.2. The fourth-order valence-electron chi connectivity index (χ4n) is 4.59. The zero-order valence-corrected chi connectivity index (χ0v) is 26.0. The third kappa shape index (κ3) is 6.21. The van der Waals surface area contributed by atoms with Gasteiger partial charge in [-0.15, -0.1) is 0 Å². The Morgan fingerprint density at radius 3 is 2.27 bits per heavy atom. The van der Waals surface area contributed by atoms with Crippen molar-refractivity contribution in [2.24, 2.45) is 0 Å². The Morgan fingerprint density at radius 1 is 0.932 bits per heavy atom. The molecule has 0 atom stereocenters. The van der Waals surface area contributed by atoms with Gasteiger partial charge in [0.2, 0.25) is 15.8 Å². The summed E-state index contributed by atoms with van der Waals surface area (Å²) in [6, 6.07) is 14.4. The van der Waals surface area contributed by atoms with Gasteiger partial charge in [-0.1, -0.05) is 66.3 Å². The van der Waals surface area contributed by atoms with E-state index in [0.29, 0.717) is 29.0 Å². The Kier molecular flexibility index (Phi) is 9.08. The molecule has 0 saturated carbocycles. The van der Waals surface area contributed by atoms with Crippen LogP contribution in [0.25, 0.3) is 22.2 Å². The zero-order chi connectivity index (χ0) is 31.8. The monoisotopic (exact) mass is 675 g/mol. The van der Waals surface area contributed by atoms with Crippen LogP contribution in [0, 0.1) is 11.6 Å². The summed E-state index contributed by atoms with van der Waals surface area (Å²) in [6.07, 6.45) is 3.45. The van der Waals surface area contributed by atoms with Gasteiger partial charge in [0.25, 0.3) is 5.91 Å². The highest BCUT2D eigenvalue weighted by Crippen LogP contribution is 2.33. The molecular weight excluding hydrogens is 655 g/mol. The third-order valence-corrected chi connectivity index (χ3v) is 9.05. The predicted molar refractivity (Wildman–Crippen MR) is 168 cm³/mol. The highest BCUT2D eigenvalue weighted by atomic mass is 35.5. The number of hydrogen-bond donors (Lipinski definition) is 1. The Morgan fingerprint density at radius 2 is 1.61 bits per heavy atom. The fraction of sp³-hybridized carbons (Fsp3) is 0.129. The van der Waals surface area contributed by atoms with Gasteiger partial charge in [-0.05, 0) is 54.4 Å². The largest absolute Gasteiger partial charge is 0.288 e. The molecule has 0 fully saturated rings. The summed E-state index contributed by atoms with van der Waals surface area (Å²) >= 11 is 18.6. The van der Waals surface area contributed by atoms with E-state index in [1.807, 2.05) is 0 Å². The van der Waals surface area contributed by atoms with E-state index < -0.39 is 44.6 Å². The first-order chi connectivity index (χ1) is 20.9. The molecule has 0 bridgehead atoms. The molecule has 5 rings (SSSR count). The molecule has 0 aliphatic rings. The molecule has 13 heteroatoms. The second kappa shape index (κ2) is 12.6. The zero-order valence-electron chi connectivity index (χ0n) is 22.9. The minimum Gasteiger partial charge on any atom is -0.288 e. The number of sulfonamides is 1. The molecule has 0 aliphatic carbocycles. The maximum absolute atomic E-state index is 15.7. The lowest BCUT2D eigenvalue weighted by atomic mass is 10.00.